The van der Waals surface area contributed by atoms with E-state index in [1.165, 1.54) is 6.42 Å². The Kier molecular flexibility index (Phi) is 6.69. The molecule has 2 aliphatic carbocycles. The van der Waals surface area contributed by atoms with Crippen molar-refractivity contribution in [1.29, 1.82) is 0 Å². The van der Waals surface area contributed by atoms with Gasteiger partial charge in [-0.1, -0.05) is 66.6 Å². The van der Waals surface area contributed by atoms with Crippen molar-refractivity contribution in [1.82, 2.24) is 0 Å². The molecule has 2 aromatic carbocycles. The van der Waals surface area contributed by atoms with Gasteiger partial charge in [-0.15, -0.1) is 0 Å². The van der Waals surface area contributed by atoms with E-state index < -0.39 is 11.8 Å². The molecule has 1 saturated carbocycles. The highest BCUT2D eigenvalue weighted by atomic mass is 35.5. The maximum absolute atomic E-state index is 13.6. The van der Waals surface area contributed by atoms with E-state index in [1.807, 2.05) is 49.4 Å². The Hall–Kier alpha value is -2.72. The molecule has 1 unspecified atom stereocenters. The van der Waals surface area contributed by atoms with Gasteiger partial charge < -0.3 is 4.74 Å². The van der Waals surface area contributed by atoms with Crippen LogP contribution in [0.5, 0.6) is 0 Å². The average molecular weight is 476 g/mol. The molecule has 1 aliphatic heterocycles. The van der Waals surface area contributed by atoms with Crippen LogP contribution in [0, 0.1) is 5.92 Å². The quantitative estimate of drug-likeness (QED) is 0.457. The summed E-state index contributed by atoms with van der Waals surface area (Å²) in [6.07, 6.45) is 6.18. The van der Waals surface area contributed by atoms with Gasteiger partial charge in [0.05, 0.1) is 0 Å². The number of hydrogen-bond acceptors (Lipinski definition) is 4. The van der Waals surface area contributed by atoms with Gasteiger partial charge in [-0.2, -0.15) is 0 Å². The lowest BCUT2D eigenvalue weighted by Gasteiger charge is -2.37. The van der Waals surface area contributed by atoms with Crippen LogP contribution in [-0.2, 0) is 14.3 Å². The van der Waals surface area contributed by atoms with Crippen LogP contribution >= 0.6 is 11.6 Å². The zero-order chi connectivity index (χ0) is 23.7. The molecule has 5 rings (SSSR count). The first-order chi connectivity index (χ1) is 16.5. The van der Waals surface area contributed by atoms with E-state index in [-0.39, 0.29) is 23.8 Å². The molecular weight excluding hydrogens is 446 g/mol. The number of ether oxygens (including phenoxy) is 1. The second kappa shape index (κ2) is 9.87. The number of benzene rings is 2. The Labute approximate surface area is 206 Å². The summed E-state index contributed by atoms with van der Waals surface area (Å²) < 4.78 is 6.00. The monoisotopic (exact) mass is 475 g/mol. The minimum absolute atomic E-state index is 0.0479. The van der Waals surface area contributed by atoms with Crippen molar-refractivity contribution in [2.75, 3.05) is 0 Å². The van der Waals surface area contributed by atoms with Crippen molar-refractivity contribution in [3.63, 3.8) is 0 Å². The second-order valence-corrected chi connectivity index (χ2v) is 10.1. The summed E-state index contributed by atoms with van der Waals surface area (Å²) in [5.41, 5.74) is 4.06. The van der Waals surface area contributed by atoms with Gasteiger partial charge in [0.15, 0.2) is 5.78 Å². The van der Waals surface area contributed by atoms with Crippen LogP contribution in [0.25, 0.3) is 0 Å². The third kappa shape index (κ3) is 4.48. The summed E-state index contributed by atoms with van der Waals surface area (Å²) >= 11 is 6.64. The van der Waals surface area contributed by atoms with Crippen molar-refractivity contribution in [3.05, 3.63) is 82.0 Å². The molecule has 0 N–H and O–H groups in total. The van der Waals surface area contributed by atoms with Crippen molar-refractivity contribution in [2.45, 2.75) is 69.8 Å². The number of halogens is 1. The maximum Gasteiger partial charge on any atom is 0.315 e. The van der Waals surface area contributed by atoms with Gasteiger partial charge in [-0.25, -0.2) is 0 Å². The summed E-state index contributed by atoms with van der Waals surface area (Å²) in [4.78, 5) is 32.1. The van der Waals surface area contributed by atoms with Gasteiger partial charge in [0.1, 0.15) is 12.0 Å². The number of carbonyl (C=O) groups excluding carboxylic acids is 2. The van der Waals surface area contributed by atoms with Crippen LogP contribution in [0.4, 0.5) is 0 Å². The van der Waals surface area contributed by atoms with Crippen molar-refractivity contribution < 1.29 is 14.3 Å². The first-order valence-electron chi connectivity index (χ1n) is 12.3. The van der Waals surface area contributed by atoms with E-state index in [1.54, 1.807) is 0 Å². The summed E-state index contributed by atoms with van der Waals surface area (Å²) in [6, 6.07) is 17.6. The second-order valence-electron chi connectivity index (χ2n) is 9.73. The van der Waals surface area contributed by atoms with Gasteiger partial charge in [0.25, 0.3) is 0 Å². The van der Waals surface area contributed by atoms with Gasteiger partial charge in [-0.3, -0.25) is 14.6 Å². The van der Waals surface area contributed by atoms with Crippen molar-refractivity contribution in [3.8, 4) is 0 Å². The van der Waals surface area contributed by atoms with Gasteiger partial charge in [0, 0.05) is 34.3 Å². The van der Waals surface area contributed by atoms with Gasteiger partial charge >= 0.3 is 5.97 Å². The van der Waals surface area contributed by atoms with Crippen LogP contribution in [0.3, 0.4) is 0 Å². The lowest BCUT2D eigenvalue weighted by atomic mass is 9.69. The molecule has 0 radical (unpaired) electrons. The van der Waals surface area contributed by atoms with Gasteiger partial charge in [-0.05, 0) is 62.1 Å². The maximum atomic E-state index is 13.6. The van der Waals surface area contributed by atoms with Crippen LogP contribution in [0.1, 0.15) is 74.8 Å². The topological polar surface area (TPSA) is 55.7 Å². The molecule has 0 amide bonds. The van der Waals surface area contributed by atoms with E-state index in [4.69, 9.17) is 21.3 Å². The number of nitrogens with zero attached hydrogens (tertiary/aromatic N) is 1. The van der Waals surface area contributed by atoms with Crippen molar-refractivity contribution >= 4 is 29.1 Å². The molecule has 5 heteroatoms. The Morgan fingerprint density at radius 2 is 1.68 bits per heavy atom. The molecule has 176 valence electrons. The SMILES string of the molecule is CC1=NC2=C(C(=O)C[C@H](c3ccccc3)C2)[C@H](c2ccccc2Cl)C1C(=O)OC1CCCCC1. The molecule has 3 atom stereocenters. The van der Waals surface area contributed by atoms with Crippen LogP contribution in [0.15, 0.2) is 70.9 Å². The van der Waals surface area contributed by atoms with E-state index in [9.17, 15) is 9.59 Å². The van der Waals surface area contributed by atoms with Crippen LogP contribution < -0.4 is 0 Å². The Bertz CT molecular complexity index is 1150. The summed E-state index contributed by atoms with van der Waals surface area (Å²) in [7, 11) is 0. The average Bonchev–Trinajstić information content (AvgIpc) is 2.84. The first kappa shape index (κ1) is 23.0. The first-order valence-corrected chi connectivity index (χ1v) is 12.7. The predicted molar refractivity (Wildman–Crippen MR) is 134 cm³/mol. The number of carbonyl (C=O) groups is 2. The molecule has 0 spiro atoms. The lowest BCUT2D eigenvalue weighted by Crippen LogP contribution is -2.39. The normalized spacial score (nSPS) is 25.5. The number of rotatable bonds is 4. The fourth-order valence-corrected chi connectivity index (χ4v) is 6.06. The molecule has 0 aromatic heterocycles. The Morgan fingerprint density at radius 3 is 2.41 bits per heavy atom. The predicted octanol–water partition coefficient (Wildman–Crippen LogP) is 6.79. The molecule has 4 nitrogen and oxygen atoms in total. The number of allylic oxidation sites excluding steroid dienone is 2. The number of Topliss-reactive ketones (excluding diaryl/α,β-unsaturated/α-hetero) is 1. The fraction of sp³-hybridized carbons (Fsp3) is 0.414. The van der Waals surface area contributed by atoms with Crippen molar-refractivity contribution in [2.24, 2.45) is 10.9 Å². The number of hydrogen-bond donors (Lipinski definition) is 0. The third-order valence-electron chi connectivity index (χ3n) is 7.49. The number of ketones is 1. The summed E-state index contributed by atoms with van der Waals surface area (Å²) in [5, 5.41) is 0.558. The summed E-state index contributed by atoms with van der Waals surface area (Å²) in [5.74, 6) is -1.27. The Balaban J connectivity index is 1.54. The molecule has 1 heterocycles. The molecule has 34 heavy (non-hydrogen) atoms. The minimum Gasteiger partial charge on any atom is -0.462 e. The highest BCUT2D eigenvalue weighted by molar-refractivity contribution is 6.31. The molecule has 0 saturated heterocycles. The van der Waals surface area contributed by atoms with Gasteiger partial charge in [0.2, 0.25) is 0 Å². The number of aliphatic imine (C=N–C) groups is 1. The van der Waals surface area contributed by atoms with E-state index in [0.717, 1.165) is 42.5 Å². The lowest BCUT2D eigenvalue weighted by molar-refractivity contribution is -0.153. The summed E-state index contributed by atoms with van der Waals surface area (Å²) in [6.45, 7) is 1.89. The molecule has 0 bridgehead atoms. The largest absolute Gasteiger partial charge is 0.462 e. The van der Waals surface area contributed by atoms with Crippen LogP contribution in [-0.4, -0.2) is 23.6 Å². The smallest absolute Gasteiger partial charge is 0.315 e. The Morgan fingerprint density at radius 1 is 0.971 bits per heavy atom. The highest BCUT2D eigenvalue weighted by Crippen LogP contribution is 2.48. The molecule has 3 aliphatic rings. The molecule has 1 fully saturated rings. The van der Waals surface area contributed by atoms with E-state index >= 15 is 0 Å². The molecular formula is C29H30ClNO3. The van der Waals surface area contributed by atoms with Crippen LogP contribution in [0.2, 0.25) is 5.02 Å². The zero-order valence-corrected chi connectivity index (χ0v) is 20.3. The van der Waals surface area contributed by atoms with E-state index in [0.29, 0.717) is 29.1 Å². The van der Waals surface area contributed by atoms with E-state index in [2.05, 4.69) is 12.1 Å². The number of esters is 1. The third-order valence-corrected chi connectivity index (χ3v) is 7.83. The molecule has 2 aromatic rings. The highest BCUT2D eigenvalue weighted by Gasteiger charge is 2.45. The fourth-order valence-electron chi connectivity index (χ4n) is 5.81. The standard InChI is InChI=1S/C29H30ClNO3/c1-18-26(29(33)34-21-12-6-3-7-13-21)27(22-14-8-9-15-23(22)30)28-24(31-18)16-20(17-25(28)32)19-10-4-2-5-11-19/h2,4-5,8-11,14-15,20-21,26-27H,3,6-7,12-13,16-17H2,1H3/t20-,26?,27-/m1/s1. The minimum atomic E-state index is -0.641. The zero-order valence-electron chi connectivity index (χ0n) is 19.5.